The standard InChI is InChI=1S/C41H48N2O21/c1-2-15-9-18(14-43-35(15)42)19-3-5-40(62-24-13-23-26(28(49)25(19)24)20(46)12-22(60-23)17-10-16(4-7-44)27(48)21(47)11-17)33(53)30(51)29(50)32(63-40)36(55)61-37-31(52)34(54)41(58,59)39(64-37,6-8-45)38(56)57/h9-14,19,29-35,37,43-45,47-54,58-59H,2-8,42H2,1H3,(H,56,57). The van der Waals surface area contributed by atoms with Crippen molar-refractivity contribution in [2.45, 2.75) is 111 Å². The van der Waals surface area contributed by atoms with E-state index in [-0.39, 0.29) is 52.0 Å². The zero-order valence-electron chi connectivity index (χ0n) is 33.8. The third-order valence-electron chi connectivity index (χ3n) is 12.2. The molecular formula is C41H48N2O21. The number of nitrogens with one attached hydrogen (secondary N) is 1. The van der Waals surface area contributed by atoms with Gasteiger partial charge in [0.1, 0.15) is 58.7 Å². The van der Waals surface area contributed by atoms with Gasteiger partial charge in [0.05, 0.1) is 6.17 Å². The van der Waals surface area contributed by atoms with Crippen molar-refractivity contribution in [1.82, 2.24) is 5.32 Å². The molecule has 23 nitrogen and oxygen atoms in total. The number of benzene rings is 2. The molecular weight excluding hydrogens is 856 g/mol. The van der Waals surface area contributed by atoms with E-state index in [0.717, 1.165) is 23.8 Å². The van der Waals surface area contributed by atoms with E-state index in [4.69, 9.17) is 29.1 Å². The molecule has 3 aromatic rings. The number of carbonyl (C=O) groups excluding carboxylic acids is 1. The number of rotatable bonds is 10. The lowest BCUT2D eigenvalue weighted by atomic mass is 9.80. The monoisotopic (exact) mass is 904 g/mol. The number of fused-ring (bicyclic) bond motifs is 2. The Bertz CT molecular complexity index is 2450. The second-order valence-electron chi connectivity index (χ2n) is 16.0. The number of aliphatic hydroxyl groups is 9. The maximum atomic E-state index is 13.9. The molecule has 2 saturated heterocycles. The highest BCUT2D eigenvalue weighted by molar-refractivity contribution is 5.89. The van der Waals surface area contributed by atoms with Gasteiger partial charge in [-0.1, -0.05) is 13.0 Å². The van der Waals surface area contributed by atoms with Crippen LogP contribution >= 0.6 is 0 Å². The molecule has 64 heavy (non-hydrogen) atoms. The highest BCUT2D eigenvalue weighted by atomic mass is 16.8. The van der Waals surface area contributed by atoms with Crippen LogP contribution in [0.2, 0.25) is 0 Å². The molecule has 0 saturated carbocycles. The van der Waals surface area contributed by atoms with Crippen LogP contribution in [0.3, 0.4) is 0 Å². The first-order chi connectivity index (χ1) is 30.2. The molecule has 348 valence electrons. The maximum absolute atomic E-state index is 13.9. The molecule has 1 aromatic heterocycles. The summed E-state index contributed by atoms with van der Waals surface area (Å²) < 4.78 is 28.7. The Kier molecular flexibility index (Phi) is 12.5. The van der Waals surface area contributed by atoms with Crippen LogP contribution in [0.5, 0.6) is 23.0 Å². The number of nitrogens with two attached hydrogens (primary N) is 1. The Balaban J connectivity index is 1.33. The first kappa shape index (κ1) is 46.6. The van der Waals surface area contributed by atoms with Gasteiger partial charge in [0.15, 0.2) is 23.0 Å². The molecule has 23 heteroatoms. The van der Waals surface area contributed by atoms with E-state index in [1.807, 2.05) is 6.92 Å². The molecule has 11 atom stereocenters. The number of carbonyl (C=O) groups is 2. The first-order valence-electron chi connectivity index (χ1n) is 20.0. The van der Waals surface area contributed by atoms with E-state index in [2.05, 4.69) is 5.32 Å². The van der Waals surface area contributed by atoms with Crippen molar-refractivity contribution in [2.24, 2.45) is 5.73 Å². The topological polar surface area (TPSA) is 402 Å². The van der Waals surface area contributed by atoms with E-state index in [9.17, 15) is 80.8 Å². The molecule has 0 radical (unpaired) electrons. The molecule has 7 rings (SSSR count). The number of hydrogen-bond acceptors (Lipinski definition) is 22. The predicted octanol–water partition coefficient (Wildman–Crippen LogP) is -2.84. The Morgan fingerprint density at radius 3 is 2.31 bits per heavy atom. The van der Waals surface area contributed by atoms with Crippen molar-refractivity contribution in [3.05, 3.63) is 69.0 Å². The van der Waals surface area contributed by atoms with Crippen LogP contribution in [-0.2, 0) is 30.2 Å². The van der Waals surface area contributed by atoms with Crippen molar-refractivity contribution < 1.29 is 99.3 Å². The summed E-state index contributed by atoms with van der Waals surface area (Å²) in [6.45, 7) is 0.359. The summed E-state index contributed by atoms with van der Waals surface area (Å²) in [6.07, 6.45) is -15.9. The molecule has 16 N–H and O–H groups in total. The summed E-state index contributed by atoms with van der Waals surface area (Å²) in [5.74, 6) is -13.5. The quantitative estimate of drug-likeness (QED) is 0.0553. The van der Waals surface area contributed by atoms with E-state index >= 15 is 0 Å². The molecule has 4 aliphatic rings. The lowest BCUT2D eigenvalue weighted by Gasteiger charge is -2.50. The second kappa shape index (κ2) is 17.2. The highest BCUT2D eigenvalue weighted by Crippen LogP contribution is 2.52. The zero-order valence-corrected chi connectivity index (χ0v) is 33.8. The van der Waals surface area contributed by atoms with Gasteiger partial charge in [-0.3, -0.25) is 4.79 Å². The molecule has 0 bridgehead atoms. The summed E-state index contributed by atoms with van der Waals surface area (Å²) >= 11 is 0. The fourth-order valence-corrected chi connectivity index (χ4v) is 8.64. The van der Waals surface area contributed by atoms with Crippen molar-refractivity contribution in [1.29, 1.82) is 0 Å². The highest BCUT2D eigenvalue weighted by Gasteiger charge is 2.69. The Morgan fingerprint density at radius 1 is 0.938 bits per heavy atom. The Hall–Kier alpha value is -5.41. The van der Waals surface area contributed by atoms with Crippen molar-refractivity contribution in [3.63, 3.8) is 0 Å². The second-order valence-corrected chi connectivity index (χ2v) is 16.0. The van der Waals surface area contributed by atoms with Gasteiger partial charge in [-0.05, 0) is 42.5 Å². The molecule has 5 heterocycles. The number of dihydropyridines is 1. The average Bonchev–Trinajstić information content (AvgIpc) is 3.41. The summed E-state index contributed by atoms with van der Waals surface area (Å²) in [6, 6.07) is 4.60. The number of hydrogen-bond donors (Lipinski definition) is 15. The van der Waals surface area contributed by atoms with E-state index in [1.54, 1.807) is 12.3 Å². The number of aliphatic hydroxyl groups excluding tert-OH is 7. The first-order valence-corrected chi connectivity index (χ1v) is 20.0. The maximum Gasteiger partial charge on any atom is 0.342 e. The van der Waals surface area contributed by atoms with Crippen molar-refractivity contribution in [2.75, 3.05) is 13.2 Å². The molecule has 2 aromatic carbocycles. The van der Waals surface area contributed by atoms with Gasteiger partial charge in [-0.15, -0.1) is 0 Å². The molecule has 4 aliphatic heterocycles. The molecule has 2 fully saturated rings. The number of carboxylic acid groups (broad SMARTS) is 1. The number of allylic oxidation sites excluding steroid dienone is 2. The normalized spacial score (nSPS) is 32.4. The molecule has 1 spiro atoms. The minimum absolute atomic E-state index is 0.0687. The SMILES string of the molecule is CCC1=CC(C2CCC3(Oc4cc5oc(-c6cc(O)c(O)c(CCO)c6)cc(=O)c5c(O)c42)OC(C(=O)OC2OC(CCO)(C(=O)O)C(O)(O)C(O)C2O)C(O)C(O)C3O)=CNC1N. The number of carboxylic acids is 1. The number of phenolic OH excluding ortho intramolecular Hbond substituents is 3. The number of esters is 1. The zero-order chi connectivity index (χ0) is 46.8. The minimum atomic E-state index is -3.76. The Labute approximate surface area is 360 Å². The van der Waals surface area contributed by atoms with Crippen molar-refractivity contribution >= 4 is 22.9 Å². The van der Waals surface area contributed by atoms with Gasteiger partial charge in [0.2, 0.25) is 23.5 Å². The third kappa shape index (κ3) is 7.51. The van der Waals surface area contributed by atoms with Gasteiger partial charge < -0.3 is 101 Å². The number of aliphatic carboxylic acids is 1. The van der Waals surface area contributed by atoms with Gasteiger partial charge in [0.25, 0.3) is 0 Å². The van der Waals surface area contributed by atoms with E-state index in [0.29, 0.717) is 12.0 Å². The van der Waals surface area contributed by atoms with Crippen LogP contribution in [0, 0.1) is 0 Å². The summed E-state index contributed by atoms with van der Waals surface area (Å²) in [4.78, 5) is 40.1. The van der Waals surface area contributed by atoms with E-state index in [1.165, 1.54) is 6.07 Å². The largest absolute Gasteiger partial charge is 0.507 e. The number of ether oxygens (including phenoxy) is 4. The summed E-state index contributed by atoms with van der Waals surface area (Å²) in [7, 11) is 0. The van der Waals surface area contributed by atoms with E-state index < -0.39 is 133 Å². The fourth-order valence-electron chi connectivity index (χ4n) is 8.64. The lowest BCUT2D eigenvalue weighted by Crippen LogP contribution is -2.76. The summed E-state index contributed by atoms with van der Waals surface area (Å²) in [5.41, 5.74) is 3.10. The minimum Gasteiger partial charge on any atom is -0.507 e. The van der Waals surface area contributed by atoms with Gasteiger partial charge in [0, 0.05) is 67.0 Å². The molecule has 11 unspecified atom stereocenters. The lowest BCUT2D eigenvalue weighted by molar-refractivity contribution is -0.408. The molecule has 0 amide bonds. The Morgan fingerprint density at radius 2 is 1.66 bits per heavy atom. The van der Waals surface area contributed by atoms with Gasteiger partial charge >= 0.3 is 11.9 Å². The average molecular weight is 905 g/mol. The smallest absolute Gasteiger partial charge is 0.342 e. The van der Waals surface area contributed by atoms with Crippen LogP contribution in [-0.4, -0.2) is 158 Å². The van der Waals surface area contributed by atoms with Crippen LogP contribution in [0.25, 0.3) is 22.3 Å². The van der Waals surface area contributed by atoms with Crippen LogP contribution in [0.1, 0.15) is 49.7 Å². The number of aromatic hydroxyl groups is 3. The van der Waals surface area contributed by atoms with Crippen LogP contribution in [0.4, 0.5) is 0 Å². The van der Waals surface area contributed by atoms with Gasteiger partial charge in [-0.25, -0.2) is 9.59 Å². The third-order valence-corrected chi connectivity index (χ3v) is 12.2. The predicted molar refractivity (Wildman–Crippen MR) is 212 cm³/mol. The van der Waals surface area contributed by atoms with Gasteiger partial charge in [-0.2, -0.15) is 0 Å². The van der Waals surface area contributed by atoms with Crippen LogP contribution < -0.4 is 21.2 Å². The van der Waals surface area contributed by atoms with Crippen molar-refractivity contribution in [3.8, 4) is 34.3 Å². The molecule has 0 aliphatic carbocycles. The number of phenols is 3. The fraction of sp³-hybridized carbons (Fsp3) is 0.488. The van der Waals surface area contributed by atoms with Crippen LogP contribution in [0.15, 0.2) is 56.9 Å². The summed E-state index contributed by atoms with van der Waals surface area (Å²) in [5, 5.41) is 141.